The molecule has 1 aromatic carbocycles. The number of imidazole rings is 1. The van der Waals surface area contributed by atoms with E-state index in [1.165, 1.54) is 6.07 Å². The number of halogens is 1. The van der Waals surface area contributed by atoms with Gasteiger partial charge >= 0.3 is 0 Å². The maximum absolute atomic E-state index is 12.9. The summed E-state index contributed by atoms with van der Waals surface area (Å²) < 4.78 is 14.7. The Bertz CT molecular complexity index is 462. The molecule has 4 heteroatoms. The molecule has 0 saturated heterocycles. The van der Waals surface area contributed by atoms with Crippen LogP contribution in [0.3, 0.4) is 0 Å². The highest BCUT2D eigenvalue weighted by Crippen LogP contribution is 2.15. The Kier molecular flexibility index (Phi) is 1.96. The lowest BCUT2D eigenvalue weighted by atomic mass is 10.2. The molecule has 2 aromatic rings. The van der Waals surface area contributed by atoms with Crippen LogP contribution in [0.15, 0.2) is 30.7 Å². The van der Waals surface area contributed by atoms with Crippen molar-refractivity contribution in [1.29, 1.82) is 0 Å². The molecule has 14 heavy (non-hydrogen) atoms. The van der Waals surface area contributed by atoms with Crippen LogP contribution in [0, 0.1) is 12.7 Å². The van der Waals surface area contributed by atoms with E-state index >= 15 is 0 Å². The fraction of sp³-hybridized carbons (Fsp3) is 0.100. The summed E-state index contributed by atoms with van der Waals surface area (Å²) in [7, 11) is 0. The third kappa shape index (κ3) is 1.46. The van der Waals surface area contributed by atoms with Crippen molar-refractivity contribution in [3.8, 4) is 5.69 Å². The Morgan fingerprint density at radius 2 is 2.21 bits per heavy atom. The summed E-state index contributed by atoms with van der Waals surface area (Å²) in [5.74, 6) is -0.398. The Hall–Kier alpha value is -1.84. The Morgan fingerprint density at radius 3 is 2.79 bits per heavy atom. The number of hydrogen-bond acceptors (Lipinski definition) is 2. The summed E-state index contributed by atoms with van der Waals surface area (Å²) >= 11 is 0. The maximum atomic E-state index is 12.9. The SMILES string of the molecule is Cc1cn(-c2ccc(F)c(N)c2)cn1. The third-order valence-electron chi connectivity index (χ3n) is 1.99. The zero-order chi connectivity index (χ0) is 10.1. The molecule has 0 aliphatic carbocycles. The van der Waals surface area contributed by atoms with Gasteiger partial charge in [-0.15, -0.1) is 0 Å². The predicted molar refractivity (Wildman–Crippen MR) is 52.7 cm³/mol. The van der Waals surface area contributed by atoms with Crippen molar-refractivity contribution >= 4 is 5.69 Å². The monoisotopic (exact) mass is 191 g/mol. The van der Waals surface area contributed by atoms with E-state index in [4.69, 9.17) is 5.73 Å². The zero-order valence-electron chi connectivity index (χ0n) is 7.74. The summed E-state index contributed by atoms with van der Waals surface area (Å²) in [5, 5.41) is 0. The summed E-state index contributed by atoms with van der Waals surface area (Å²) in [6.45, 7) is 1.89. The highest BCUT2D eigenvalue weighted by molar-refractivity contribution is 5.48. The number of nitrogen functional groups attached to an aromatic ring is 1. The number of hydrogen-bond donors (Lipinski definition) is 1. The molecule has 0 aliphatic heterocycles. The standard InChI is InChI=1S/C10H10FN3/c1-7-5-14(6-13-7)8-2-3-9(11)10(12)4-8/h2-6H,12H2,1H3. The molecule has 0 amide bonds. The van der Waals surface area contributed by atoms with E-state index in [0.717, 1.165) is 11.4 Å². The van der Waals surface area contributed by atoms with Gasteiger partial charge in [0.05, 0.1) is 17.7 Å². The van der Waals surface area contributed by atoms with E-state index in [-0.39, 0.29) is 5.69 Å². The Labute approximate surface area is 81.0 Å². The molecule has 0 aliphatic rings. The van der Waals surface area contributed by atoms with Gasteiger partial charge in [-0.05, 0) is 25.1 Å². The number of nitrogens with zero attached hydrogens (tertiary/aromatic N) is 2. The number of aromatic nitrogens is 2. The summed E-state index contributed by atoms with van der Waals surface area (Å²) in [6.07, 6.45) is 3.52. The van der Waals surface area contributed by atoms with Gasteiger partial charge in [0.2, 0.25) is 0 Å². The number of anilines is 1. The molecule has 72 valence electrons. The molecule has 0 saturated carbocycles. The van der Waals surface area contributed by atoms with E-state index in [2.05, 4.69) is 4.98 Å². The first-order valence-corrected chi connectivity index (χ1v) is 4.23. The lowest BCUT2D eigenvalue weighted by Gasteiger charge is -2.03. The van der Waals surface area contributed by atoms with Crippen LogP contribution in [-0.4, -0.2) is 9.55 Å². The van der Waals surface area contributed by atoms with Crippen molar-refractivity contribution < 1.29 is 4.39 Å². The van der Waals surface area contributed by atoms with Crippen LogP contribution in [0.25, 0.3) is 5.69 Å². The molecule has 2 N–H and O–H groups in total. The third-order valence-corrected chi connectivity index (χ3v) is 1.99. The normalized spacial score (nSPS) is 10.4. The summed E-state index contributed by atoms with van der Waals surface area (Å²) in [5.41, 5.74) is 7.32. The van der Waals surface area contributed by atoms with Gasteiger partial charge in [-0.1, -0.05) is 0 Å². The molecular weight excluding hydrogens is 181 g/mol. The smallest absolute Gasteiger partial charge is 0.146 e. The number of aryl methyl sites for hydroxylation is 1. The first kappa shape index (κ1) is 8.74. The van der Waals surface area contributed by atoms with E-state index in [1.54, 1.807) is 23.0 Å². The van der Waals surface area contributed by atoms with Crippen molar-refractivity contribution in [2.45, 2.75) is 6.92 Å². The minimum atomic E-state index is -0.398. The number of benzene rings is 1. The first-order valence-electron chi connectivity index (χ1n) is 4.23. The van der Waals surface area contributed by atoms with Crippen molar-refractivity contribution in [3.05, 3.63) is 42.2 Å². The molecule has 3 nitrogen and oxygen atoms in total. The quantitative estimate of drug-likeness (QED) is 0.699. The van der Waals surface area contributed by atoms with E-state index in [0.29, 0.717) is 0 Å². The summed E-state index contributed by atoms with van der Waals surface area (Å²) in [6, 6.07) is 4.59. The first-order chi connectivity index (χ1) is 6.66. The molecule has 0 bridgehead atoms. The second-order valence-electron chi connectivity index (χ2n) is 3.13. The van der Waals surface area contributed by atoms with Gasteiger partial charge in [0.15, 0.2) is 0 Å². The summed E-state index contributed by atoms with van der Waals surface area (Å²) in [4.78, 5) is 4.07. The van der Waals surface area contributed by atoms with Crippen LogP contribution in [0.2, 0.25) is 0 Å². The van der Waals surface area contributed by atoms with Gasteiger partial charge in [0, 0.05) is 11.9 Å². The minimum Gasteiger partial charge on any atom is -0.396 e. The minimum absolute atomic E-state index is 0.147. The second-order valence-corrected chi connectivity index (χ2v) is 3.13. The predicted octanol–water partition coefficient (Wildman–Crippen LogP) is 1.90. The highest BCUT2D eigenvalue weighted by Gasteiger charge is 2.01. The highest BCUT2D eigenvalue weighted by atomic mass is 19.1. The van der Waals surface area contributed by atoms with Crippen molar-refractivity contribution in [3.63, 3.8) is 0 Å². The molecule has 0 radical (unpaired) electrons. The van der Waals surface area contributed by atoms with Gasteiger partial charge in [-0.25, -0.2) is 9.37 Å². The Balaban J connectivity index is 2.47. The number of nitrogens with two attached hydrogens (primary N) is 1. The van der Waals surface area contributed by atoms with Gasteiger partial charge in [0.25, 0.3) is 0 Å². The van der Waals surface area contributed by atoms with Crippen LogP contribution < -0.4 is 5.73 Å². The molecule has 0 atom stereocenters. The number of rotatable bonds is 1. The molecule has 1 heterocycles. The van der Waals surface area contributed by atoms with E-state index < -0.39 is 5.82 Å². The van der Waals surface area contributed by atoms with Crippen molar-refractivity contribution in [1.82, 2.24) is 9.55 Å². The van der Waals surface area contributed by atoms with Crippen molar-refractivity contribution in [2.75, 3.05) is 5.73 Å². The molecule has 0 unspecified atom stereocenters. The molecular formula is C10H10FN3. The van der Waals surface area contributed by atoms with Crippen LogP contribution in [0.4, 0.5) is 10.1 Å². The van der Waals surface area contributed by atoms with E-state index in [1.807, 2.05) is 13.1 Å². The average molecular weight is 191 g/mol. The molecule has 0 fully saturated rings. The maximum Gasteiger partial charge on any atom is 0.146 e. The van der Waals surface area contributed by atoms with Crippen LogP contribution in [0.1, 0.15) is 5.69 Å². The zero-order valence-corrected chi connectivity index (χ0v) is 7.74. The lowest BCUT2D eigenvalue weighted by Crippen LogP contribution is -1.95. The Morgan fingerprint density at radius 1 is 1.43 bits per heavy atom. The molecule has 2 rings (SSSR count). The van der Waals surface area contributed by atoms with Crippen LogP contribution >= 0.6 is 0 Å². The second kappa shape index (κ2) is 3.14. The lowest BCUT2D eigenvalue weighted by molar-refractivity contribution is 0.632. The largest absolute Gasteiger partial charge is 0.396 e. The van der Waals surface area contributed by atoms with Gasteiger partial charge in [-0.2, -0.15) is 0 Å². The van der Waals surface area contributed by atoms with Gasteiger partial charge in [-0.3, -0.25) is 0 Å². The topological polar surface area (TPSA) is 43.8 Å². The molecule has 0 spiro atoms. The van der Waals surface area contributed by atoms with Gasteiger partial charge in [0.1, 0.15) is 5.82 Å². The fourth-order valence-corrected chi connectivity index (χ4v) is 1.25. The van der Waals surface area contributed by atoms with Crippen molar-refractivity contribution in [2.24, 2.45) is 0 Å². The van der Waals surface area contributed by atoms with Crippen LogP contribution in [0.5, 0.6) is 0 Å². The fourth-order valence-electron chi connectivity index (χ4n) is 1.25. The van der Waals surface area contributed by atoms with Crippen LogP contribution in [-0.2, 0) is 0 Å². The van der Waals surface area contributed by atoms with E-state index in [9.17, 15) is 4.39 Å². The van der Waals surface area contributed by atoms with Gasteiger partial charge < -0.3 is 10.3 Å². The molecule has 1 aromatic heterocycles. The average Bonchev–Trinajstić information content (AvgIpc) is 2.57.